The van der Waals surface area contributed by atoms with Gasteiger partial charge in [0.15, 0.2) is 0 Å². The number of imidazole rings is 1. The first-order valence-corrected chi connectivity index (χ1v) is 5.74. The van der Waals surface area contributed by atoms with Crippen LogP contribution in [0.25, 0.3) is 0 Å². The third-order valence-corrected chi connectivity index (χ3v) is 3.20. The molecule has 0 saturated carbocycles. The first kappa shape index (κ1) is 11.1. The van der Waals surface area contributed by atoms with Gasteiger partial charge in [0.25, 0.3) is 0 Å². The van der Waals surface area contributed by atoms with Crippen molar-refractivity contribution in [2.24, 2.45) is 5.73 Å². The van der Waals surface area contributed by atoms with Crippen LogP contribution in [0.3, 0.4) is 0 Å². The monoisotopic (exact) mass is 222 g/mol. The smallest absolute Gasteiger partial charge is 0.224 e. The van der Waals surface area contributed by atoms with Crippen LogP contribution in [0.1, 0.15) is 32.0 Å². The second-order valence-corrected chi connectivity index (χ2v) is 4.10. The van der Waals surface area contributed by atoms with Crippen molar-refractivity contribution < 1.29 is 4.79 Å². The summed E-state index contributed by atoms with van der Waals surface area (Å²) in [7, 11) is 0. The van der Waals surface area contributed by atoms with Gasteiger partial charge in [0, 0.05) is 25.6 Å². The number of rotatable bonds is 3. The Morgan fingerprint density at radius 2 is 2.25 bits per heavy atom. The molecular formula is C11H18N4O. The van der Waals surface area contributed by atoms with Crippen molar-refractivity contribution in [1.29, 1.82) is 0 Å². The summed E-state index contributed by atoms with van der Waals surface area (Å²) in [6.45, 7) is 5.59. The third kappa shape index (κ3) is 1.61. The summed E-state index contributed by atoms with van der Waals surface area (Å²) in [6, 6.07) is -0.130. The van der Waals surface area contributed by atoms with Crippen LogP contribution >= 0.6 is 0 Å². The van der Waals surface area contributed by atoms with E-state index < -0.39 is 0 Å². The van der Waals surface area contributed by atoms with E-state index in [1.54, 1.807) is 6.33 Å². The maximum absolute atomic E-state index is 11.7. The molecule has 16 heavy (non-hydrogen) atoms. The molecule has 1 aliphatic heterocycles. The van der Waals surface area contributed by atoms with Crippen LogP contribution in [-0.4, -0.2) is 32.9 Å². The van der Waals surface area contributed by atoms with Gasteiger partial charge in [-0.25, -0.2) is 4.98 Å². The topological polar surface area (TPSA) is 64.2 Å². The van der Waals surface area contributed by atoms with Crippen molar-refractivity contribution in [3.63, 3.8) is 0 Å². The molecule has 0 radical (unpaired) electrons. The van der Waals surface area contributed by atoms with Gasteiger partial charge in [0.1, 0.15) is 0 Å². The van der Waals surface area contributed by atoms with Crippen LogP contribution < -0.4 is 5.73 Å². The predicted octanol–water partition coefficient (Wildman–Crippen LogP) is 0.524. The second kappa shape index (κ2) is 4.25. The van der Waals surface area contributed by atoms with Crippen molar-refractivity contribution in [2.45, 2.75) is 38.9 Å². The van der Waals surface area contributed by atoms with Gasteiger partial charge in [0.2, 0.25) is 5.91 Å². The molecule has 0 aliphatic carbocycles. The van der Waals surface area contributed by atoms with Crippen molar-refractivity contribution >= 4 is 5.91 Å². The van der Waals surface area contributed by atoms with E-state index in [2.05, 4.69) is 11.9 Å². The van der Waals surface area contributed by atoms with Gasteiger partial charge in [-0.15, -0.1) is 0 Å². The minimum absolute atomic E-state index is 0.0139. The van der Waals surface area contributed by atoms with E-state index in [1.165, 1.54) is 0 Å². The van der Waals surface area contributed by atoms with Crippen LogP contribution in [0.2, 0.25) is 0 Å². The zero-order valence-corrected chi connectivity index (χ0v) is 9.76. The molecular weight excluding hydrogens is 204 g/mol. The summed E-state index contributed by atoms with van der Waals surface area (Å²) < 4.78 is 2.05. The van der Waals surface area contributed by atoms with Gasteiger partial charge in [0.05, 0.1) is 24.3 Å². The number of carbonyl (C=O) groups is 1. The van der Waals surface area contributed by atoms with Crippen LogP contribution in [0, 0.1) is 0 Å². The van der Waals surface area contributed by atoms with E-state index in [4.69, 9.17) is 5.73 Å². The number of aryl methyl sites for hydroxylation is 1. The normalized spacial score (nSPS) is 25.4. The van der Waals surface area contributed by atoms with Crippen molar-refractivity contribution in [1.82, 2.24) is 14.5 Å². The number of nitrogens with zero attached hydrogens (tertiary/aromatic N) is 3. The number of hydrogen-bond donors (Lipinski definition) is 1. The Bertz CT molecular complexity index is 387. The summed E-state index contributed by atoms with van der Waals surface area (Å²) in [5.74, 6) is 0.142. The summed E-state index contributed by atoms with van der Waals surface area (Å²) in [6.07, 6.45) is 4.04. The highest BCUT2D eigenvalue weighted by Crippen LogP contribution is 2.31. The molecule has 0 spiro atoms. The first-order chi connectivity index (χ1) is 7.69. The highest BCUT2D eigenvalue weighted by Gasteiger charge is 2.39. The number of likely N-dealkylation sites (N-methyl/N-ethyl adjacent to an activating group) is 1. The molecule has 1 aliphatic rings. The third-order valence-electron chi connectivity index (χ3n) is 3.20. The molecule has 1 aromatic rings. The highest BCUT2D eigenvalue weighted by molar-refractivity contribution is 5.80. The molecule has 1 fully saturated rings. The predicted molar refractivity (Wildman–Crippen MR) is 60.6 cm³/mol. The lowest BCUT2D eigenvalue weighted by atomic mass is 10.1. The Labute approximate surface area is 95.2 Å². The van der Waals surface area contributed by atoms with Crippen LogP contribution in [0.5, 0.6) is 0 Å². The van der Waals surface area contributed by atoms with Crippen molar-refractivity contribution in [3.05, 3.63) is 18.2 Å². The molecule has 2 N–H and O–H groups in total. The van der Waals surface area contributed by atoms with Gasteiger partial charge in [-0.3, -0.25) is 4.79 Å². The molecule has 2 unspecified atom stereocenters. The van der Waals surface area contributed by atoms with Gasteiger partial charge in [-0.2, -0.15) is 0 Å². The summed E-state index contributed by atoms with van der Waals surface area (Å²) >= 11 is 0. The van der Waals surface area contributed by atoms with Crippen molar-refractivity contribution in [2.75, 3.05) is 6.54 Å². The molecule has 1 saturated heterocycles. The number of hydrogen-bond acceptors (Lipinski definition) is 3. The van der Waals surface area contributed by atoms with E-state index in [1.807, 2.05) is 22.6 Å². The zero-order valence-electron chi connectivity index (χ0n) is 9.76. The lowest BCUT2D eigenvalue weighted by Crippen LogP contribution is -2.34. The fraction of sp³-hybridized carbons (Fsp3) is 0.636. The van der Waals surface area contributed by atoms with Crippen LogP contribution in [0.4, 0.5) is 0 Å². The quantitative estimate of drug-likeness (QED) is 0.811. The molecule has 2 rings (SSSR count). The maximum atomic E-state index is 11.7. The fourth-order valence-electron chi connectivity index (χ4n) is 2.41. The molecule has 2 heterocycles. The number of nitrogens with two attached hydrogens (primary N) is 1. The Morgan fingerprint density at radius 1 is 1.50 bits per heavy atom. The summed E-state index contributed by atoms with van der Waals surface area (Å²) in [5.41, 5.74) is 7.09. The van der Waals surface area contributed by atoms with E-state index in [-0.39, 0.29) is 18.0 Å². The van der Waals surface area contributed by atoms with E-state index in [9.17, 15) is 4.79 Å². The van der Waals surface area contributed by atoms with Crippen LogP contribution in [-0.2, 0) is 11.3 Å². The largest absolute Gasteiger partial charge is 0.333 e. The molecule has 5 heteroatoms. The lowest BCUT2D eigenvalue weighted by molar-refractivity contribution is -0.128. The van der Waals surface area contributed by atoms with Crippen molar-refractivity contribution in [3.8, 4) is 0 Å². The summed E-state index contributed by atoms with van der Waals surface area (Å²) in [4.78, 5) is 17.7. The number of amides is 1. The zero-order chi connectivity index (χ0) is 11.7. The van der Waals surface area contributed by atoms with Gasteiger partial charge in [-0.1, -0.05) is 0 Å². The molecule has 0 aromatic carbocycles. The van der Waals surface area contributed by atoms with E-state index in [0.29, 0.717) is 13.0 Å². The average Bonchev–Trinajstić information content (AvgIpc) is 2.81. The Hall–Kier alpha value is -1.36. The average molecular weight is 222 g/mol. The molecule has 5 nitrogen and oxygen atoms in total. The minimum Gasteiger partial charge on any atom is -0.333 e. The van der Waals surface area contributed by atoms with Gasteiger partial charge >= 0.3 is 0 Å². The standard InChI is InChI=1S/C11H18N4O/c1-3-14-7-13-6-9(14)11-8(12)5-10(16)15(11)4-2/h6-8,11H,3-5,12H2,1-2H3. The molecule has 2 atom stereocenters. The second-order valence-electron chi connectivity index (χ2n) is 4.10. The Kier molecular flexibility index (Phi) is 2.96. The number of carbonyl (C=O) groups excluding carboxylic acids is 1. The summed E-state index contributed by atoms with van der Waals surface area (Å²) in [5, 5.41) is 0. The molecule has 0 bridgehead atoms. The van der Waals surface area contributed by atoms with Gasteiger partial charge in [-0.05, 0) is 13.8 Å². The van der Waals surface area contributed by atoms with E-state index in [0.717, 1.165) is 12.2 Å². The Morgan fingerprint density at radius 3 is 2.88 bits per heavy atom. The molecule has 88 valence electrons. The first-order valence-electron chi connectivity index (χ1n) is 5.74. The molecule has 1 amide bonds. The SMILES string of the molecule is CCN1C(=O)CC(N)C1c1cncn1CC. The highest BCUT2D eigenvalue weighted by atomic mass is 16.2. The van der Waals surface area contributed by atoms with Gasteiger partial charge < -0.3 is 15.2 Å². The van der Waals surface area contributed by atoms with E-state index >= 15 is 0 Å². The fourth-order valence-corrected chi connectivity index (χ4v) is 2.41. The number of aromatic nitrogens is 2. The van der Waals surface area contributed by atoms with Crippen LogP contribution in [0.15, 0.2) is 12.5 Å². The minimum atomic E-state index is -0.116. The Balaban J connectivity index is 2.35. The molecule has 1 aromatic heterocycles. The maximum Gasteiger partial charge on any atom is 0.224 e. The number of likely N-dealkylation sites (tertiary alicyclic amines) is 1. The lowest BCUT2D eigenvalue weighted by Gasteiger charge is -2.26.